The maximum atomic E-state index is 10.4. The summed E-state index contributed by atoms with van der Waals surface area (Å²) in [6.45, 7) is 0.536. The summed E-state index contributed by atoms with van der Waals surface area (Å²) in [7, 11) is 0. The van der Waals surface area contributed by atoms with E-state index in [1.807, 2.05) is 0 Å². The molecule has 0 unspecified atom stereocenters. The lowest BCUT2D eigenvalue weighted by molar-refractivity contribution is -0.123. The molecule has 0 aliphatic carbocycles. The summed E-state index contributed by atoms with van der Waals surface area (Å²) < 4.78 is 4.72. The van der Waals surface area contributed by atoms with Gasteiger partial charge in [0.25, 0.3) is 0 Å². The summed E-state index contributed by atoms with van der Waals surface area (Å²) in [5.41, 5.74) is 0.390. The molecule has 8 heavy (non-hydrogen) atoms. The molecule has 1 aliphatic rings. The predicted molar refractivity (Wildman–Crippen MR) is 28.2 cm³/mol. The van der Waals surface area contributed by atoms with E-state index in [-0.39, 0.29) is 12.4 Å². The van der Waals surface area contributed by atoms with E-state index in [1.165, 1.54) is 0 Å². The summed E-state index contributed by atoms with van der Waals surface area (Å²) in [5.74, 6) is 0.0150. The van der Waals surface area contributed by atoms with E-state index in [1.54, 1.807) is 0 Å². The summed E-state index contributed by atoms with van der Waals surface area (Å²) in [4.78, 5) is 10.4. The SMILES string of the molecule is N=C1COCC(=O)C1. The zero-order valence-corrected chi connectivity index (χ0v) is 4.44. The quantitative estimate of drug-likeness (QED) is 0.480. The normalized spacial score (nSPS) is 21.5. The van der Waals surface area contributed by atoms with Gasteiger partial charge in [-0.3, -0.25) is 4.79 Å². The lowest BCUT2D eigenvalue weighted by Gasteiger charge is -2.09. The van der Waals surface area contributed by atoms with Gasteiger partial charge in [0.1, 0.15) is 6.61 Å². The number of carbonyl (C=O) groups is 1. The van der Waals surface area contributed by atoms with Gasteiger partial charge in [0, 0.05) is 12.1 Å². The standard InChI is InChI=1S/C5H7NO2/c6-4-1-5(7)3-8-2-4/h6H,1-3H2. The van der Waals surface area contributed by atoms with E-state index in [4.69, 9.17) is 10.1 Å². The molecule has 1 saturated heterocycles. The van der Waals surface area contributed by atoms with E-state index >= 15 is 0 Å². The first-order valence-electron chi connectivity index (χ1n) is 2.45. The highest BCUT2D eigenvalue weighted by Crippen LogP contribution is 1.95. The second-order valence-corrected chi connectivity index (χ2v) is 1.81. The summed E-state index contributed by atoms with van der Waals surface area (Å²) in [6, 6.07) is 0. The molecule has 0 amide bonds. The van der Waals surface area contributed by atoms with Gasteiger partial charge >= 0.3 is 0 Å². The molecular weight excluding hydrogens is 106 g/mol. The second-order valence-electron chi connectivity index (χ2n) is 1.81. The van der Waals surface area contributed by atoms with Crippen molar-refractivity contribution in [1.82, 2.24) is 0 Å². The molecule has 1 fully saturated rings. The molecule has 0 saturated carbocycles. The lowest BCUT2D eigenvalue weighted by atomic mass is 10.2. The van der Waals surface area contributed by atoms with E-state index in [2.05, 4.69) is 0 Å². The molecular formula is C5H7NO2. The van der Waals surface area contributed by atoms with Crippen LogP contribution in [0.25, 0.3) is 0 Å². The van der Waals surface area contributed by atoms with Crippen LogP contribution in [0.3, 0.4) is 0 Å². The number of ether oxygens (including phenoxy) is 1. The van der Waals surface area contributed by atoms with Crippen LogP contribution in [0, 0.1) is 5.41 Å². The van der Waals surface area contributed by atoms with Crippen LogP contribution in [0.2, 0.25) is 0 Å². The van der Waals surface area contributed by atoms with Gasteiger partial charge in [0.2, 0.25) is 0 Å². The average Bonchev–Trinajstić information content (AvgIpc) is 1.64. The Bertz CT molecular complexity index is 116. The van der Waals surface area contributed by atoms with Crippen LogP contribution in [0.1, 0.15) is 6.42 Å². The highest BCUT2D eigenvalue weighted by Gasteiger charge is 2.11. The second kappa shape index (κ2) is 2.05. The average molecular weight is 113 g/mol. The van der Waals surface area contributed by atoms with Gasteiger partial charge in [-0.05, 0) is 0 Å². The van der Waals surface area contributed by atoms with Crippen molar-refractivity contribution in [2.75, 3.05) is 13.2 Å². The van der Waals surface area contributed by atoms with Crippen molar-refractivity contribution in [1.29, 1.82) is 5.41 Å². The Hall–Kier alpha value is -0.700. The fraction of sp³-hybridized carbons (Fsp3) is 0.600. The lowest BCUT2D eigenvalue weighted by Crippen LogP contribution is -2.24. The minimum atomic E-state index is 0.0150. The van der Waals surface area contributed by atoms with Crippen LogP contribution in [-0.4, -0.2) is 24.7 Å². The number of carbonyl (C=O) groups excluding carboxylic acids is 1. The Morgan fingerprint density at radius 1 is 1.50 bits per heavy atom. The van der Waals surface area contributed by atoms with Crippen molar-refractivity contribution >= 4 is 11.5 Å². The van der Waals surface area contributed by atoms with Gasteiger partial charge in [-0.1, -0.05) is 0 Å². The number of ketones is 1. The molecule has 44 valence electrons. The number of rotatable bonds is 0. The van der Waals surface area contributed by atoms with Gasteiger partial charge in [0.15, 0.2) is 5.78 Å². The Morgan fingerprint density at radius 2 is 2.25 bits per heavy atom. The Morgan fingerprint density at radius 3 is 2.62 bits per heavy atom. The van der Waals surface area contributed by atoms with Crippen LogP contribution in [0.5, 0.6) is 0 Å². The maximum Gasteiger partial charge on any atom is 0.164 e. The minimum absolute atomic E-state index is 0.0150. The van der Waals surface area contributed by atoms with Crippen LogP contribution < -0.4 is 0 Å². The molecule has 1 heterocycles. The Balaban J connectivity index is 2.45. The molecule has 0 aromatic rings. The first-order valence-corrected chi connectivity index (χ1v) is 2.45. The smallest absolute Gasteiger partial charge is 0.164 e. The highest BCUT2D eigenvalue weighted by atomic mass is 16.5. The third-order valence-corrected chi connectivity index (χ3v) is 0.950. The van der Waals surface area contributed by atoms with E-state index in [0.717, 1.165) is 0 Å². The third-order valence-electron chi connectivity index (χ3n) is 0.950. The molecule has 0 atom stereocenters. The van der Waals surface area contributed by atoms with E-state index < -0.39 is 0 Å². The zero-order chi connectivity index (χ0) is 5.98. The monoisotopic (exact) mass is 113 g/mol. The fourth-order valence-corrected chi connectivity index (χ4v) is 0.628. The van der Waals surface area contributed by atoms with Gasteiger partial charge < -0.3 is 10.1 Å². The molecule has 1 rings (SSSR count). The molecule has 1 N–H and O–H groups in total. The fourth-order valence-electron chi connectivity index (χ4n) is 0.628. The summed E-state index contributed by atoms with van der Waals surface area (Å²) >= 11 is 0. The number of nitrogens with one attached hydrogen (secondary N) is 1. The van der Waals surface area contributed by atoms with Crippen molar-refractivity contribution in [3.8, 4) is 0 Å². The molecule has 1 aliphatic heterocycles. The largest absolute Gasteiger partial charge is 0.368 e. The molecule has 0 radical (unpaired) electrons. The molecule has 0 aromatic heterocycles. The molecule has 3 heteroatoms. The van der Waals surface area contributed by atoms with Crippen molar-refractivity contribution in [2.24, 2.45) is 0 Å². The first kappa shape index (κ1) is 5.44. The van der Waals surface area contributed by atoms with Crippen molar-refractivity contribution in [3.63, 3.8) is 0 Å². The maximum absolute atomic E-state index is 10.4. The highest BCUT2D eigenvalue weighted by molar-refractivity contribution is 6.03. The van der Waals surface area contributed by atoms with Gasteiger partial charge in [-0.15, -0.1) is 0 Å². The summed E-state index contributed by atoms with van der Waals surface area (Å²) in [6.07, 6.45) is 0.292. The van der Waals surface area contributed by atoms with Crippen LogP contribution >= 0.6 is 0 Å². The van der Waals surface area contributed by atoms with Gasteiger partial charge in [0.05, 0.1) is 6.61 Å². The van der Waals surface area contributed by atoms with Crippen LogP contribution in [-0.2, 0) is 9.53 Å². The molecule has 0 spiro atoms. The zero-order valence-electron chi connectivity index (χ0n) is 4.44. The molecule has 0 aromatic carbocycles. The van der Waals surface area contributed by atoms with Crippen LogP contribution in [0.4, 0.5) is 0 Å². The molecule has 3 nitrogen and oxygen atoms in total. The predicted octanol–water partition coefficient (Wildman–Crippen LogP) is -0.00443. The Kier molecular flexibility index (Phi) is 1.39. The van der Waals surface area contributed by atoms with Gasteiger partial charge in [-0.2, -0.15) is 0 Å². The van der Waals surface area contributed by atoms with Gasteiger partial charge in [-0.25, -0.2) is 0 Å². The number of hydrogen-bond donors (Lipinski definition) is 1. The van der Waals surface area contributed by atoms with Crippen LogP contribution in [0.15, 0.2) is 0 Å². The first-order chi connectivity index (χ1) is 3.79. The van der Waals surface area contributed by atoms with E-state index in [0.29, 0.717) is 18.7 Å². The van der Waals surface area contributed by atoms with Crippen molar-refractivity contribution in [3.05, 3.63) is 0 Å². The van der Waals surface area contributed by atoms with Crippen molar-refractivity contribution in [2.45, 2.75) is 6.42 Å². The number of Topliss-reactive ketones (excluding diaryl/α,β-unsaturated/α-hetero) is 1. The van der Waals surface area contributed by atoms with E-state index in [9.17, 15) is 4.79 Å². The summed E-state index contributed by atoms with van der Waals surface area (Å²) in [5, 5.41) is 6.97. The molecule has 0 bridgehead atoms. The third kappa shape index (κ3) is 1.13. The van der Waals surface area contributed by atoms with Crippen molar-refractivity contribution < 1.29 is 9.53 Å². The Labute approximate surface area is 47.2 Å². The topological polar surface area (TPSA) is 50.1 Å². The number of hydrogen-bond acceptors (Lipinski definition) is 3. The minimum Gasteiger partial charge on any atom is -0.368 e.